The van der Waals surface area contributed by atoms with Crippen LogP contribution in [0, 0.1) is 0 Å². The van der Waals surface area contributed by atoms with E-state index in [1.165, 1.54) is 0 Å². The fourth-order valence-corrected chi connectivity index (χ4v) is 3.91. The summed E-state index contributed by atoms with van der Waals surface area (Å²) < 4.78 is 7.23. The van der Waals surface area contributed by atoms with Crippen molar-refractivity contribution in [2.45, 2.75) is 39.0 Å². The molecule has 2 amide bonds. The molecule has 8 nitrogen and oxygen atoms in total. The predicted octanol–water partition coefficient (Wildman–Crippen LogP) is 1.77. The normalized spacial score (nSPS) is 19.5. The van der Waals surface area contributed by atoms with Gasteiger partial charge in [0.1, 0.15) is 6.61 Å². The molecular formula is C19H23N5O3. The van der Waals surface area contributed by atoms with E-state index in [0.29, 0.717) is 38.2 Å². The molecule has 0 aliphatic carbocycles. The summed E-state index contributed by atoms with van der Waals surface area (Å²) in [5, 5.41) is 8.41. The molecule has 4 rings (SSSR count). The molecule has 8 heteroatoms. The van der Waals surface area contributed by atoms with Crippen LogP contribution < -0.4 is 4.90 Å². The Labute approximate surface area is 157 Å². The van der Waals surface area contributed by atoms with Gasteiger partial charge in [0.05, 0.1) is 12.6 Å². The van der Waals surface area contributed by atoms with Crippen LogP contribution in [-0.2, 0) is 22.7 Å². The van der Waals surface area contributed by atoms with Crippen LogP contribution >= 0.6 is 0 Å². The largest absolute Gasteiger partial charge is 0.377 e. The van der Waals surface area contributed by atoms with Gasteiger partial charge in [0, 0.05) is 37.9 Å². The van der Waals surface area contributed by atoms with Crippen LogP contribution in [0.2, 0.25) is 0 Å². The highest BCUT2D eigenvalue weighted by Gasteiger charge is 2.30. The van der Waals surface area contributed by atoms with E-state index in [1.54, 1.807) is 23.0 Å². The molecule has 2 aliphatic heterocycles. The van der Waals surface area contributed by atoms with E-state index < -0.39 is 0 Å². The number of benzene rings is 1. The summed E-state index contributed by atoms with van der Waals surface area (Å²) in [4.78, 5) is 28.6. The number of anilines is 1. The van der Waals surface area contributed by atoms with Gasteiger partial charge in [0.2, 0.25) is 5.91 Å². The number of carbonyl (C=O) groups excluding carboxylic acids is 2. The number of methoxy groups -OCH3 is 1. The van der Waals surface area contributed by atoms with Crippen LogP contribution in [0.15, 0.2) is 24.3 Å². The maximum absolute atomic E-state index is 13.1. The van der Waals surface area contributed by atoms with Crippen LogP contribution in [0.1, 0.15) is 47.8 Å². The molecular weight excluding hydrogens is 346 g/mol. The highest BCUT2D eigenvalue weighted by molar-refractivity contribution is 5.99. The van der Waals surface area contributed by atoms with Crippen molar-refractivity contribution in [3.8, 4) is 0 Å². The van der Waals surface area contributed by atoms with Crippen molar-refractivity contribution >= 4 is 17.5 Å². The third-order valence-corrected chi connectivity index (χ3v) is 5.13. The Morgan fingerprint density at radius 2 is 2.19 bits per heavy atom. The van der Waals surface area contributed by atoms with Gasteiger partial charge in [-0.3, -0.25) is 9.59 Å². The molecule has 0 N–H and O–H groups in total. The summed E-state index contributed by atoms with van der Waals surface area (Å²) in [6, 6.07) is 7.40. The van der Waals surface area contributed by atoms with E-state index in [9.17, 15) is 9.59 Å². The zero-order valence-corrected chi connectivity index (χ0v) is 15.6. The Kier molecular flexibility index (Phi) is 4.65. The number of amides is 2. The van der Waals surface area contributed by atoms with E-state index >= 15 is 0 Å². The first-order chi connectivity index (χ1) is 13.1. The van der Waals surface area contributed by atoms with Crippen molar-refractivity contribution in [1.29, 1.82) is 0 Å². The summed E-state index contributed by atoms with van der Waals surface area (Å²) >= 11 is 0. The van der Waals surface area contributed by atoms with Crippen molar-refractivity contribution in [3.05, 3.63) is 41.5 Å². The predicted molar refractivity (Wildman–Crippen MR) is 98.2 cm³/mol. The molecule has 1 aromatic heterocycles. The average molecular weight is 369 g/mol. The van der Waals surface area contributed by atoms with E-state index in [0.717, 1.165) is 23.8 Å². The van der Waals surface area contributed by atoms with Gasteiger partial charge < -0.3 is 19.1 Å². The fraction of sp³-hybridized carbons (Fsp3) is 0.474. The molecule has 142 valence electrons. The lowest BCUT2D eigenvalue weighted by molar-refractivity contribution is -0.117. The number of hydrogen-bond acceptors (Lipinski definition) is 5. The standard InChI is InChI=1S/C19H23N5O3/c1-13-10-22(11-16-20-21-17(12-27-2)24(13)16)19(26)14-5-3-6-15(9-14)23-8-4-7-18(23)25/h3,5-6,9,13H,4,7-8,10-12H2,1-2H3/t13-/m0/s1. The minimum Gasteiger partial charge on any atom is -0.377 e. The molecule has 1 atom stereocenters. The molecule has 1 saturated heterocycles. The maximum Gasteiger partial charge on any atom is 0.254 e. The zero-order valence-electron chi connectivity index (χ0n) is 15.6. The lowest BCUT2D eigenvalue weighted by Crippen LogP contribution is -2.41. The van der Waals surface area contributed by atoms with Gasteiger partial charge in [-0.1, -0.05) is 6.07 Å². The minimum atomic E-state index is -0.0575. The molecule has 0 bridgehead atoms. The monoisotopic (exact) mass is 369 g/mol. The highest BCUT2D eigenvalue weighted by Crippen LogP contribution is 2.26. The van der Waals surface area contributed by atoms with Gasteiger partial charge in [-0.2, -0.15) is 0 Å². The first-order valence-electron chi connectivity index (χ1n) is 9.19. The van der Waals surface area contributed by atoms with Gasteiger partial charge >= 0.3 is 0 Å². The summed E-state index contributed by atoms with van der Waals surface area (Å²) in [5.41, 5.74) is 1.38. The van der Waals surface area contributed by atoms with Crippen LogP contribution in [0.25, 0.3) is 0 Å². The van der Waals surface area contributed by atoms with Crippen LogP contribution in [0.5, 0.6) is 0 Å². The smallest absolute Gasteiger partial charge is 0.254 e. The topological polar surface area (TPSA) is 80.6 Å². The molecule has 0 radical (unpaired) electrons. The molecule has 3 heterocycles. The Morgan fingerprint density at radius 1 is 1.33 bits per heavy atom. The number of ether oxygens (including phenoxy) is 1. The molecule has 27 heavy (non-hydrogen) atoms. The molecule has 0 saturated carbocycles. The summed E-state index contributed by atoms with van der Waals surface area (Å²) in [7, 11) is 1.63. The van der Waals surface area contributed by atoms with Crippen LogP contribution in [0.4, 0.5) is 5.69 Å². The maximum atomic E-state index is 13.1. The van der Waals surface area contributed by atoms with Gasteiger partial charge in [0.15, 0.2) is 11.6 Å². The van der Waals surface area contributed by atoms with Gasteiger partial charge in [-0.25, -0.2) is 0 Å². The Balaban J connectivity index is 1.56. The highest BCUT2D eigenvalue weighted by atomic mass is 16.5. The van der Waals surface area contributed by atoms with Crippen molar-refractivity contribution in [1.82, 2.24) is 19.7 Å². The number of fused-ring (bicyclic) bond motifs is 1. The molecule has 0 unspecified atom stereocenters. The van der Waals surface area contributed by atoms with E-state index in [2.05, 4.69) is 10.2 Å². The second-order valence-electron chi connectivity index (χ2n) is 7.07. The van der Waals surface area contributed by atoms with Crippen LogP contribution in [-0.4, -0.2) is 51.7 Å². The molecule has 0 spiro atoms. The van der Waals surface area contributed by atoms with Gasteiger partial charge in [-0.15, -0.1) is 10.2 Å². The van der Waals surface area contributed by atoms with E-state index in [1.807, 2.05) is 29.7 Å². The van der Waals surface area contributed by atoms with Crippen molar-refractivity contribution in [2.24, 2.45) is 0 Å². The number of nitrogens with zero attached hydrogens (tertiary/aromatic N) is 5. The number of carbonyl (C=O) groups is 2. The van der Waals surface area contributed by atoms with E-state index in [4.69, 9.17) is 4.74 Å². The molecule has 2 aromatic rings. The van der Waals surface area contributed by atoms with Gasteiger partial charge in [-0.05, 0) is 31.5 Å². The first-order valence-corrected chi connectivity index (χ1v) is 9.19. The Hall–Kier alpha value is -2.74. The lowest BCUT2D eigenvalue weighted by atomic mass is 10.1. The van der Waals surface area contributed by atoms with Gasteiger partial charge in [0.25, 0.3) is 5.91 Å². The average Bonchev–Trinajstić information content (AvgIpc) is 3.28. The zero-order chi connectivity index (χ0) is 19.0. The number of hydrogen-bond donors (Lipinski definition) is 0. The minimum absolute atomic E-state index is 0.0575. The summed E-state index contributed by atoms with van der Waals surface area (Å²) in [6.45, 7) is 4.14. The second kappa shape index (κ2) is 7.11. The van der Waals surface area contributed by atoms with E-state index in [-0.39, 0.29) is 17.9 Å². The van der Waals surface area contributed by atoms with Crippen molar-refractivity contribution in [2.75, 3.05) is 25.1 Å². The number of aromatic nitrogens is 3. The lowest BCUT2D eigenvalue weighted by Gasteiger charge is -2.32. The Morgan fingerprint density at radius 3 is 2.93 bits per heavy atom. The molecule has 2 aliphatic rings. The summed E-state index contributed by atoms with van der Waals surface area (Å²) in [6.07, 6.45) is 1.43. The fourth-order valence-electron chi connectivity index (χ4n) is 3.91. The third-order valence-electron chi connectivity index (χ3n) is 5.13. The third kappa shape index (κ3) is 3.21. The van der Waals surface area contributed by atoms with Crippen LogP contribution in [0.3, 0.4) is 0 Å². The Bertz CT molecular complexity index is 878. The van der Waals surface area contributed by atoms with Crippen molar-refractivity contribution < 1.29 is 14.3 Å². The second-order valence-corrected chi connectivity index (χ2v) is 7.07. The summed E-state index contributed by atoms with van der Waals surface area (Å²) in [5.74, 6) is 1.60. The van der Waals surface area contributed by atoms with Crippen molar-refractivity contribution in [3.63, 3.8) is 0 Å². The number of rotatable bonds is 4. The SMILES string of the molecule is COCc1nnc2n1[C@@H](C)CN(C(=O)c1cccc(N3CCCC3=O)c1)C2. The molecule has 1 fully saturated rings. The quantitative estimate of drug-likeness (QED) is 0.820. The molecule has 1 aromatic carbocycles. The first kappa shape index (κ1) is 17.7.